The van der Waals surface area contributed by atoms with Gasteiger partial charge in [-0.1, -0.05) is 13.8 Å². The summed E-state index contributed by atoms with van der Waals surface area (Å²) in [6.07, 6.45) is 7.24. The highest BCUT2D eigenvalue weighted by Crippen LogP contribution is 2.42. The maximum absolute atomic E-state index is 11.8. The van der Waals surface area contributed by atoms with E-state index in [0.717, 1.165) is 30.6 Å². The summed E-state index contributed by atoms with van der Waals surface area (Å²) in [5.74, 6) is 1.19. The zero-order chi connectivity index (χ0) is 10.2. The highest BCUT2D eigenvalue weighted by atomic mass is 16.5. The normalized spacial score (nSPS) is 31.4. The van der Waals surface area contributed by atoms with Crippen molar-refractivity contribution in [2.75, 3.05) is 0 Å². The Morgan fingerprint density at radius 3 is 3.00 bits per heavy atom. The van der Waals surface area contributed by atoms with Gasteiger partial charge in [0.2, 0.25) is 0 Å². The smallest absolute Gasteiger partial charge is 0.163 e. The monoisotopic (exact) mass is 192 g/mol. The first-order valence-corrected chi connectivity index (χ1v) is 5.28. The van der Waals surface area contributed by atoms with Gasteiger partial charge >= 0.3 is 0 Å². The van der Waals surface area contributed by atoms with E-state index in [4.69, 9.17) is 4.74 Å². The quantitative estimate of drug-likeness (QED) is 0.638. The lowest BCUT2D eigenvalue weighted by Gasteiger charge is -2.34. The lowest BCUT2D eigenvalue weighted by Crippen LogP contribution is -2.28. The minimum absolute atomic E-state index is 0.0922. The van der Waals surface area contributed by atoms with Gasteiger partial charge in [0.05, 0.1) is 6.26 Å². The second kappa shape index (κ2) is 3.26. The molecule has 0 aromatic heterocycles. The van der Waals surface area contributed by atoms with Crippen LogP contribution >= 0.6 is 0 Å². The van der Waals surface area contributed by atoms with E-state index in [1.165, 1.54) is 0 Å². The summed E-state index contributed by atoms with van der Waals surface area (Å²) >= 11 is 0. The van der Waals surface area contributed by atoms with E-state index in [0.29, 0.717) is 6.42 Å². The Kier molecular flexibility index (Phi) is 2.22. The second-order valence-corrected chi connectivity index (χ2v) is 4.27. The molecule has 1 heterocycles. The van der Waals surface area contributed by atoms with Crippen molar-refractivity contribution in [3.63, 3.8) is 0 Å². The van der Waals surface area contributed by atoms with Crippen molar-refractivity contribution in [1.29, 1.82) is 0 Å². The molecule has 0 aromatic carbocycles. The maximum atomic E-state index is 11.8. The van der Waals surface area contributed by atoms with Gasteiger partial charge in [-0.2, -0.15) is 0 Å². The van der Waals surface area contributed by atoms with Gasteiger partial charge in [0.1, 0.15) is 5.76 Å². The molecule has 0 bridgehead atoms. The molecule has 2 nitrogen and oxygen atoms in total. The second-order valence-electron chi connectivity index (χ2n) is 4.27. The van der Waals surface area contributed by atoms with Crippen molar-refractivity contribution in [3.05, 3.63) is 23.7 Å². The minimum Gasteiger partial charge on any atom is -0.469 e. The summed E-state index contributed by atoms with van der Waals surface area (Å²) in [4.78, 5) is 11.8. The number of carbonyl (C=O) groups is 1. The molecule has 0 saturated carbocycles. The lowest BCUT2D eigenvalue weighted by atomic mass is 9.73. The van der Waals surface area contributed by atoms with E-state index in [1.807, 2.05) is 6.08 Å². The number of ether oxygens (including phenoxy) is 1. The molecule has 0 saturated heterocycles. The molecule has 2 aliphatic rings. The Balaban J connectivity index is 2.45. The molecular weight excluding hydrogens is 176 g/mol. The van der Waals surface area contributed by atoms with E-state index in [-0.39, 0.29) is 11.2 Å². The Hall–Kier alpha value is -1.05. The molecule has 0 spiro atoms. The maximum Gasteiger partial charge on any atom is 0.163 e. The largest absolute Gasteiger partial charge is 0.469 e. The van der Waals surface area contributed by atoms with Crippen LogP contribution in [0.2, 0.25) is 0 Å². The molecule has 0 N–H and O–H groups in total. The Labute approximate surface area is 84.6 Å². The minimum atomic E-state index is -0.0922. The molecule has 2 heteroatoms. The summed E-state index contributed by atoms with van der Waals surface area (Å²) in [6.45, 7) is 4.23. The fourth-order valence-corrected chi connectivity index (χ4v) is 2.21. The topological polar surface area (TPSA) is 26.3 Å². The van der Waals surface area contributed by atoms with E-state index < -0.39 is 0 Å². The SMILES string of the molecule is CCC1(C)C=COC2=C1C(=O)CCC2. The lowest BCUT2D eigenvalue weighted by molar-refractivity contribution is -0.117. The van der Waals surface area contributed by atoms with Gasteiger partial charge in [-0.15, -0.1) is 0 Å². The third-order valence-electron chi connectivity index (χ3n) is 3.32. The molecule has 0 amide bonds. The molecule has 0 aromatic rings. The predicted molar refractivity (Wildman–Crippen MR) is 54.5 cm³/mol. The van der Waals surface area contributed by atoms with Crippen molar-refractivity contribution in [3.8, 4) is 0 Å². The van der Waals surface area contributed by atoms with Gasteiger partial charge in [0.15, 0.2) is 5.78 Å². The van der Waals surface area contributed by atoms with Crippen molar-refractivity contribution >= 4 is 5.78 Å². The van der Waals surface area contributed by atoms with E-state index in [2.05, 4.69) is 13.8 Å². The number of rotatable bonds is 1. The number of allylic oxidation sites excluding steroid dienone is 3. The zero-order valence-electron chi connectivity index (χ0n) is 8.80. The standard InChI is InChI=1S/C12H16O2/c1-3-12(2)7-8-14-10-6-4-5-9(13)11(10)12/h7-8H,3-6H2,1-2H3. The highest BCUT2D eigenvalue weighted by Gasteiger charge is 2.36. The molecule has 0 fully saturated rings. The predicted octanol–water partition coefficient (Wildman–Crippen LogP) is 2.95. The van der Waals surface area contributed by atoms with Gasteiger partial charge in [0, 0.05) is 23.8 Å². The average molecular weight is 192 g/mol. The van der Waals surface area contributed by atoms with Crippen LogP contribution in [0, 0.1) is 5.41 Å². The van der Waals surface area contributed by atoms with Crippen LogP contribution in [0.1, 0.15) is 39.5 Å². The Morgan fingerprint density at radius 2 is 2.29 bits per heavy atom. The van der Waals surface area contributed by atoms with Crippen LogP contribution in [-0.4, -0.2) is 5.78 Å². The summed E-state index contributed by atoms with van der Waals surface area (Å²) in [6, 6.07) is 0. The van der Waals surface area contributed by atoms with Gasteiger partial charge in [-0.3, -0.25) is 4.79 Å². The first-order chi connectivity index (χ1) is 6.67. The van der Waals surface area contributed by atoms with E-state index in [9.17, 15) is 4.79 Å². The van der Waals surface area contributed by atoms with Crippen LogP contribution in [0.25, 0.3) is 0 Å². The van der Waals surface area contributed by atoms with Crippen LogP contribution < -0.4 is 0 Å². The van der Waals surface area contributed by atoms with Crippen molar-refractivity contribution in [2.24, 2.45) is 5.41 Å². The van der Waals surface area contributed by atoms with Crippen LogP contribution in [0.5, 0.6) is 0 Å². The number of hydrogen-bond donors (Lipinski definition) is 0. The number of hydrogen-bond acceptors (Lipinski definition) is 2. The molecule has 0 radical (unpaired) electrons. The first-order valence-electron chi connectivity index (χ1n) is 5.28. The zero-order valence-corrected chi connectivity index (χ0v) is 8.80. The Morgan fingerprint density at radius 1 is 1.50 bits per heavy atom. The highest BCUT2D eigenvalue weighted by molar-refractivity contribution is 5.98. The van der Waals surface area contributed by atoms with Crippen LogP contribution in [0.15, 0.2) is 23.7 Å². The number of carbonyl (C=O) groups excluding carboxylic acids is 1. The summed E-state index contributed by atoms with van der Waals surface area (Å²) in [7, 11) is 0. The fraction of sp³-hybridized carbons (Fsp3) is 0.583. The molecule has 1 aliphatic carbocycles. The third kappa shape index (κ3) is 1.29. The molecule has 2 rings (SSSR count). The molecule has 1 atom stereocenters. The number of Topliss-reactive ketones (excluding diaryl/α,β-unsaturated/α-hetero) is 1. The molecule has 1 aliphatic heterocycles. The number of ketones is 1. The van der Waals surface area contributed by atoms with Gasteiger partial charge in [-0.05, 0) is 18.9 Å². The average Bonchev–Trinajstić information content (AvgIpc) is 2.18. The summed E-state index contributed by atoms with van der Waals surface area (Å²) in [5, 5.41) is 0. The Bertz CT molecular complexity index is 325. The molecular formula is C12H16O2. The molecule has 76 valence electrons. The molecule has 14 heavy (non-hydrogen) atoms. The first kappa shape index (κ1) is 9.50. The molecule has 1 unspecified atom stereocenters. The van der Waals surface area contributed by atoms with Crippen LogP contribution in [-0.2, 0) is 9.53 Å². The fourth-order valence-electron chi connectivity index (χ4n) is 2.21. The van der Waals surface area contributed by atoms with Crippen molar-refractivity contribution in [1.82, 2.24) is 0 Å². The van der Waals surface area contributed by atoms with Gasteiger partial charge < -0.3 is 4.74 Å². The van der Waals surface area contributed by atoms with Crippen LogP contribution in [0.3, 0.4) is 0 Å². The van der Waals surface area contributed by atoms with E-state index in [1.54, 1.807) is 6.26 Å². The van der Waals surface area contributed by atoms with Gasteiger partial charge in [0.25, 0.3) is 0 Å². The van der Waals surface area contributed by atoms with Crippen molar-refractivity contribution < 1.29 is 9.53 Å². The van der Waals surface area contributed by atoms with Crippen LogP contribution in [0.4, 0.5) is 0 Å². The third-order valence-corrected chi connectivity index (χ3v) is 3.32. The van der Waals surface area contributed by atoms with Gasteiger partial charge in [-0.25, -0.2) is 0 Å². The summed E-state index contributed by atoms with van der Waals surface area (Å²) in [5.41, 5.74) is 0.833. The summed E-state index contributed by atoms with van der Waals surface area (Å²) < 4.78 is 5.43. The van der Waals surface area contributed by atoms with Crippen molar-refractivity contribution in [2.45, 2.75) is 39.5 Å². The van der Waals surface area contributed by atoms with E-state index >= 15 is 0 Å².